The van der Waals surface area contributed by atoms with E-state index in [0.717, 1.165) is 17.7 Å². The van der Waals surface area contributed by atoms with Crippen molar-refractivity contribution in [2.24, 2.45) is 0 Å². The van der Waals surface area contributed by atoms with Gasteiger partial charge in [-0.3, -0.25) is 0 Å². The third-order valence-corrected chi connectivity index (χ3v) is 4.86. The Balaban J connectivity index is 2.56. The molecular weight excluding hydrogens is 248 g/mol. The van der Waals surface area contributed by atoms with E-state index >= 15 is 0 Å². The Labute approximate surface area is 123 Å². The molecule has 2 heteroatoms. The largest absolute Gasteiger partial charge is 0.496 e. The SMILES string of the molecule is CCc1cc(C(C)O)cc(C2(C)CCCCC2)c1OC. The summed E-state index contributed by atoms with van der Waals surface area (Å²) in [5.74, 6) is 1.04. The second kappa shape index (κ2) is 6.17. The second-order valence-electron chi connectivity index (χ2n) is 6.41. The van der Waals surface area contributed by atoms with Crippen molar-refractivity contribution in [3.05, 3.63) is 28.8 Å². The van der Waals surface area contributed by atoms with E-state index < -0.39 is 6.10 Å². The predicted octanol–water partition coefficient (Wildman–Crippen LogP) is 4.53. The highest BCUT2D eigenvalue weighted by Gasteiger charge is 2.32. The molecule has 1 unspecified atom stereocenters. The summed E-state index contributed by atoms with van der Waals surface area (Å²) in [6.45, 7) is 6.35. The van der Waals surface area contributed by atoms with E-state index in [1.54, 1.807) is 7.11 Å². The summed E-state index contributed by atoms with van der Waals surface area (Å²) >= 11 is 0. The number of hydrogen-bond acceptors (Lipinski definition) is 2. The monoisotopic (exact) mass is 276 g/mol. The zero-order chi connectivity index (χ0) is 14.8. The van der Waals surface area contributed by atoms with Crippen molar-refractivity contribution in [3.63, 3.8) is 0 Å². The molecule has 1 fully saturated rings. The molecule has 0 bridgehead atoms. The number of ether oxygens (including phenoxy) is 1. The van der Waals surface area contributed by atoms with Gasteiger partial charge >= 0.3 is 0 Å². The van der Waals surface area contributed by atoms with Crippen molar-refractivity contribution in [1.29, 1.82) is 0 Å². The van der Waals surface area contributed by atoms with Crippen LogP contribution in [0.4, 0.5) is 0 Å². The second-order valence-corrected chi connectivity index (χ2v) is 6.41. The first kappa shape index (κ1) is 15.4. The Hall–Kier alpha value is -1.02. The van der Waals surface area contributed by atoms with Gasteiger partial charge in [-0.25, -0.2) is 0 Å². The Morgan fingerprint density at radius 1 is 1.25 bits per heavy atom. The van der Waals surface area contributed by atoms with Crippen molar-refractivity contribution in [2.45, 2.75) is 70.8 Å². The van der Waals surface area contributed by atoms with Crippen molar-refractivity contribution in [1.82, 2.24) is 0 Å². The Morgan fingerprint density at radius 3 is 2.40 bits per heavy atom. The van der Waals surface area contributed by atoms with E-state index in [9.17, 15) is 5.11 Å². The topological polar surface area (TPSA) is 29.5 Å². The van der Waals surface area contributed by atoms with Gasteiger partial charge in [-0.1, -0.05) is 33.1 Å². The minimum Gasteiger partial charge on any atom is -0.496 e. The molecule has 1 aromatic rings. The van der Waals surface area contributed by atoms with Crippen LogP contribution in [0.3, 0.4) is 0 Å². The highest BCUT2D eigenvalue weighted by molar-refractivity contribution is 5.49. The molecule has 0 radical (unpaired) electrons. The highest BCUT2D eigenvalue weighted by Crippen LogP contribution is 2.45. The third-order valence-electron chi connectivity index (χ3n) is 4.86. The summed E-state index contributed by atoms with van der Waals surface area (Å²) in [4.78, 5) is 0. The number of rotatable bonds is 4. The summed E-state index contributed by atoms with van der Waals surface area (Å²) in [7, 11) is 1.77. The van der Waals surface area contributed by atoms with Crippen molar-refractivity contribution < 1.29 is 9.84 Å². The Kier molecular flexibility index (Phi) is 4.74. The lowest BCUT2D eigenvalue weighted by atomic mass is 9.70. The lowest BCUT2D eigenvalue weighted by Gasteiger charge is -2.36. The lowest BCUT2D eigenvalue weighted by molar-refractivity contribution is 0.198. The number of aliphatic hydroxyl groups excluding tert-OH is 1. The molecule has 1 aliphatic carbocycles. The minimum atomic E-state index is -0.419. The molecular formula is C18H28O2. The van der Waals surface area contributed by atoms with Crippen LogP contribution in [0.5, 0.6) is 5.75 Å². The molecule has 2 rings (SSSR count). The first-order valence-corrected chi connectivity index (χ1v) is 7.91. The van der Waals surface area contributed by atoms with Crippen LogP contribution in [0.25, 0.3) is 0 Å². The summed E-state index contributed by atoms with van der Waals surface area (Å²) in [6.07, 6.45) is 6.88. The number of hydrogen-bond donors (Lipinski definition) is 1. The molecule has 112 valence electrons. The summed E-state index contributed by atoms with van der Waals surface area (Å²) in [6, 6.07) is 4.27. The van der Waals surface area contributed by atoms with Crippen LogP contribution in [0.15, 0.2) is 12.1 Å². The van der Waals surface area contributed by atoms with Crippen LogP contribution < -0.4 is 4.74 Å². The standard InChI is InChI=1S/C18H28O2/c1-5-14-11-15(13(2)19)12-16(17(14)20-4)18(3)9-7-6-8-10-18/h11-13,19H,5-10H2,1-4H3. The van der Waals surface area contributed by atoms with Gasteiger partial charge in [0, 0.05) is 5.56 Å². The molecule has 1 N–H and O–H groups in total. The maximum atomic E-state index is 9.97. The molecule has 1 saturated carbocycles. The van der Waals surface area contributed by atoms with Crippen molar-refractivity contribution >= 4 is 0 Å². The van der Waals surface area contributed by atoms with Gasteiger partial charge in [-0.05, 0) is 54.9 Å². The maximum Gasteiger partial charge on any atom is 0.125 e. The fourth-order valence-corrected chi connectivity index (χ4v) is 3.51. The van der Waals surface area contributed by atoms with Gasteiger partial charge < -0.3 is 9.84 Å². The zero-order valence-corrected chi connectivity index (χ0v) is 13.3. The van der Waals surface area contributed by atoms with Gasteiger partial charge in [0.05, 0.1) is 13.2 Å². The molecule has 2 nitrogen and oxygen atoms in total. The van der Waals surface area contributed by atoms with E-state index in [4.69, 9.17) is 4.74 Å². The fraction of sp³-hybridized carbons (Fsp3) is 0.667. The molecule has 1 atom stereocenters. The molecule has 0 heterocycles. The molecule has 1 aliphatic rings. The summed E-state index contributed by atoms with van der Waals surface area (Å²) < 4.78 is 5.74. The predicted molar refractivity (Wildman–Crippen MR) is 83.4 cm³/mol. The van der Waals surface area contributed by atoms with Crippen LogP contribution in [0.2, 0.25) is 0 Å². The van der Waals surface area contributed by atoms with Crippen LogP contribution in [-0.4, -0.2) is 12.2 Å². The van der Waals surface area contributed by atoms with Gasteiger partial charge in [0.2, 0.25) is 0 Å². The lowest BCUT2D eigenvalue weighted by Crippen LogP contribution is -2.26. The Bertz CT molecular complexity index is 457. The quantitative estimate of drug-likeness (QED) is 0.875. The van der Waals surface area contributed by atoms with E-state index in [1.165, 1.54) is 43.2 Å². The van der Waals surface area contributed by atoms with Crippen molar-refractivity contribution in [2.75, 3.05) is 7.11 Å². The zero-order valence-electron chi connectivity index (χ0n) is 13.3. The molecule has 0 spiro atoms. The van der Waals surface area contributed by atoms with E-state index in [-0.39, 0.29) is 5.41 Å². The molecule has 0 saturated heterocycles. The molecule has 0 aliphatic heterocycles. The fourth-order valence-electron chi connectivity index (χ4n) is 3.51. The van der Waals surface area contributed by atoms with Gasteiger partial charge in [-0.2, -0.15) is 0 Å². The van der Waals surface area contributed by atoms with Gasteiger partial charge in [0.15, 0.2) is 0 Å². The van der Waals surface area contributed by atoms with Crippen LogP contribution in [0, 0.1) is 0 Å². The van der Waals surface area contributed by atoms with E-state index in [2.05, 4.69) is 26.0 Å². The van der Waals surface area contributed by atoms with Gasteiger partial charge in [-0.15, -0.1) is 0 Å². The van der Waals surface area contributed by atoms with Crippen LogP contribution in [0.1, 0.15) is 75.7 Å². The molecule has 20 heavy (non-hydrogen) atoms. The first-order valence-electron chi connectivity index (χ1n) is 7.91. The smallest absolute Gasteiger partial charge is 0.125 e. The molecule has 1 aromatic carbocycles. The third kappa shape index (κ3) is 2.85. The minimum absolute atomic E-state index is 0.193. The van der Waals surface area contributed by atoms with E-state index in [1.807, 2.05) is 6.92 Å². The summed E-state index contributed by atoms with van der Waals surface area (Å²) in [5, 5.41) is 9.97. The highest BCUT2D eigenvalue weighted by atomic mass is 16.5. The number of methoxy groups -OCH3 is 1. The van der Waals surface area contributed by atoms with Crippen molar-refractivity contribution in [3.8, 4) is 5.75 Å². The number of benzene rings is 1. The number of aryl methyl sites for hydroxylation is 1. The molecule has 0 aromatic heterocycles. The van der Waals surface area contributed by atoms with Gasteiger partial charge in [0.1, 0.15) is 5.75 Å². The Morgan fingerprint density at radius 2 is 1.90 bits per heavy atom. The molecule has 0 amide bonds. The average Bonchev–Trinajstić information content (AvgIpc) is 2.46. The van der Waals surface area contributed by atoms with Gasteiger partial charge in [0.25, 0.3) is 0 Å². The normalized spacial score (nSPS) is 19.6. The maximum absolute atomic E-state index is 9.97. The number of aliphatic hydroxyl groups is 1. The average molecular weight is 276 g/mol. The van der Waals surface area contributed by atoms with Crippen LogP contribution >= 0.6 is 0 Å². The summed E-state index contributed by atoms with van der Waals surface area (Å²) in [5.41, 5.74) is 3.73. The van der Waals surface area contributed by atoms with E-state index in [0.29, 0.717) is 0 Å². The van der Waals surface area contributed by atoms with Crippen LogP contribution in [-0.2, 0) is 11.8 Å². The first-order chi connectivity index (χ1) is 9.51.